The fourth-order valence-corrected chi connectivity index (χ4v) is 3.91. The maximum Gasteiger partial charge on any atom is 0.261 e. The Morgan fingerprint density at radius 2 is 1.93 bits per heavy atom. The Hall–Kier alpha value is -3.77. The van der Waals surface area contributed by atoms with Gasteiger partial charge in [0.2, 0.25) is 0 Å². The van der Waals surface area contributed by atoms with Crippen molar-refractivity contribution in [3.05, 3.63) is 95.3 Å². The molecule has 5 rings (SSSR count). The molecule has 2 N–H and O–H groups in total. The Balaban J connectivity index is 1.78. The number of H-pyrrole nitrogens is 1. The largest absolute Gasteiger partial charge is 0.363 e. The van der Waals surface area contributed by atoms with Gasteiger partial charge in [-0.3, -0.25) is 14.5 Å². The fourth-order valence-electron chi connectivity index (χ4n) is 3.91. The van der Waals surface area contributed by atoms with Crippen LogP contribution in [0.3, 0.4) is 0 Å². The van der Waals surface area contributed by atoms with Gasteiger partial charge in [0.05, 0.1) is 11.0 Å². The molecule has 0 saturated heterocycles. The quantitative estimate of drug-likeness (QED) is 0.532. The van der Waals surface area contributed by atoms with E-state index in [1.54, 1.807) is 66.7 Å². The first-order valence-electron chi connectivity index (χ1n) is 9.14. The number of ketones is 1. The summed E-state index contributed by atoms with van der Waals surface area (Å²) in [6, 6.07) is 19.0. The Labute approximate surface area is 166 Å². The van der Waals surface area contributed by atoms with Crippen LogP contribution in [0.15, 0.2) is 66.7 Å². The van der Waals surface area contributed by atoms with Crippen LogP contribution < -0.4 is 4.90 Å². The number of carbonyl (C=O) groups is 2. The Bertz CT molecular complexity index is 1290. The number of aliphatic hydroxyl groups is 1. The second-order valence-corrected chi connectivity index (χ2v) is 7.05. The van der Waals surface area contributed by atoms with E-state index in [0.29, 0.717) is 33.5 Å². The van der Waals surface area contributed by atoms with Crippen molar-refractivity contribution in [2.75, 3.05) is 4.90 Å². The summed E-state index contributed by atoms with van der Waals surface area (Å²) in [6.07, 6.45) is 2.68. The molecule has 0 saturated carbocycles. The number of aromatic amines is 1. The molecular formula is C23H16N3O3. The van der Waals surface area contributed by atoms with E-state index in [4.69, 9.17) is 0 Å². The lowest BCUT2D eigenvalue weighted by molar-refractivity contribution is 0.0703. The number of benzene rings is 3. The van der Waals surface area contributed by atoms with Gasteiger partial charge < -0.3 is 10.1 Å². The maximum atomic E-state index is 13.3. The minimum absolute atomic E-state index is 0.118. The minimum atomic E-state index is -1.74. The topological polar surface area (TPSA) is 86.3 Å². The highest BCUT2D eigenvalue weighted by atomic mass is 16.3. The number of carbonyl (C=O) groups excluding carboxylic acids is 2. The summed E-state index contributed by atoms with van der Waals surface area (Å²) >= 11 is 0. The smallest absolute Gasteiger partial charge is 0.261 e. The van der Waals surface area contributed by atoms with Crippen LogP contribution in [0.2, 0.25) is 0 Å². The number of nitrogens with one attached hydrogen (secondary N) is 1. The Kier molecular flexibility index (Phi) is 3.66. The summed E-state index contributed by atoms with van der Waals surface area (Å²) in [5.74, 6) is -0.453. The lowest BCUT2D eigenvalue weighted by Gasteiger charge is -2.35. The molecule has 1 amide bonds. The average Bonchev–Trinajstić information content (AvgIpc) is 3.29. The number of imidazole rings is 1. The van der Waals surface area contributed by atoms with Gasteiger partial charge in [0.15, 0.2) is 17.8 Å². The van der Waals surface area contributed by atoms with Gasteiger partial charge in [0, 0.05) is 27.9 Å². The van der Waals surface area contributed by atoms with E-state index >= 15 is 0 Å². The van der Waals surface area contributed by atoms with Crippen molar-refractivity contribution in [1.82, 2.24) is 9.97 Å². The van der Waals surface area contributed by atoms with Gasteiger partial charge in [-0.1, -0.05) is 36.4 Å². The molecule has 1 aromatic heterocycles. The number of hydrogen-bond acceptors (Lipinski definition) is 4. The van der Waals surface area contributed by atoms with Crippen molar-refractivity contribution in [3.8, 4) is 0 Å². The molecule has 141 valence electrons. The Morgan fingerprint density at radius 3 is 2.76 bits per heavy atom. The average molecular weight is 382 g/mol. The summed E-state index contributed by atoms with van der Waals surface area (Å²) < 4.78 is 0. The Morgan fingerprint density at radius 1 is 1.10 bits per heavy atom. The number of anilines is 1. The summed E-state index contributed by atoms with van der Waals surface area (Å²) in [4.78, 5) is 33.6. The monoisotopic (exact) mass is 382 g/mol. The molecule has 4 aromatic rings. The second-order valence-electron chi connectivity index (χ2n) is 7.05. The summed E-state index contributed by atoms with van der Waals surface area (Å²) in [5.41, 5.74) is 1.97. The highest BCUT2D eigenvalue weighted by Crippen LogP contribution is 2.45. The van der Waals surface area contributed by atoms with Gasteiger partial charge in [0.25, 0.3) is 5.91 Å². The molecule has 6 heteroatoms. The summed E-state index contributed by atoms with van der Waals surface area (Å²) in [5, 5.41) is 12.0. The van der Waals surface area contributed by atoms with E-state index in [-0.39, 0.29) is 11.7 Å². The minimum Gasteiger partial charge on any atom is -0.363 e. The first-order chi connectivity index (χ1) is 14.0. The van der Waals surface area contributed by atoms with Crippen LogP contribution in [0.1, 0.15) is 38.8 Å². The van der Waals surface area contributed by atoms with E-state index < -0.39 is 5.72 Å². The van der Waals surface area contributed by atoms with E-state index in [1.807, 2.05) is 0 Å². The molecule has 0 bridgehead atoms. The zero-order valence-corrected chi connectivity index (χ0v) is 15.5. The highest BCUT2D eigenvalue weighted by molar-refractivity contribution is 6.13. The number of hydrogen-bond donors (Lipinski definition) is 2. The van der Waals surface area contributed by atoms with Crippen molar-refractivity contribution in [2.45, 2.75) is 12.6 Å². The van der Waals surface area contributed by atoms with Crippen LogP contribution in [0, 0.1) is 6.33 Å². The zero-order valence-electron chi connectivity index (χ0n) is 15.5. The molecule has 0 spiro atoms. The van der Waals surface area contributed by atoms with Gasteiger partial charge in [-0.05, 0) is 37.3 Å². The van der Waals surface area contributed by atoms with Crippen molar-refractivity contribution in [1.29, 1.82) is 0 Å². The molecule has 1 atom stereocenters. The number of fused-ring (bicyclic) bond motifs is 2. The first kappa shape index (κ1) is 17.3. The third-order valence-corrected chi connectivity index (χ3v) is 5.34. The molecule has 1 aliphatic heterocycles. The van der Waals surface area contributed by atoms with Crippen LogP contribution in [-0.2, 0) is 5.72 Å². The van der Waals surface area contributed by atoms with Gasteiger partial charge in [-0.25, -0.2) is 4.98 Å². The van der Waals surface area contributed by atoms with Gasteiger partial charge in [-0.2, -0.15) is 0 Å². The van der Waals surface area contributed by atoms with Gasteiger partial charge in [-0.15, -0.1) is 0 Å². The first-order valence-corrected chi connectivity index (χ1v) is 9.14. The number of aromatic nitrogens is 2. The fraction of sp³-hybridized carbons (Fsp3) is 0.0870. The molecule has 1 unspecified atom stereocenters. The van der Waals surface area contributed by atoms with Crippen LogP contribution >= 0.6 is 0 Å². The molecule has 6 nitrogen and oxygen atoms in total. The summed E-state index contributed by atoms with van der Waals surface area (Å²) in [7, 11) is 0. The van der Waals surface area contributed by atoms with Crippen molar-refractivity contribution < 1.29 is 14.7 Å². The van der Waals surface area contributed by atoms with Crippen molar-refractivity contribution in [2.24, 2.45) is 0 Å². The molecule has 0 fully saturated rings. The number of Topliss-reactive ketones (excluding diaryl/α,β-unsaturated/α-hetero) is 1. The molecule has 3 aromatic carbocycles. The molecule has 1 radical (unpaired) electrons. The SMILES string of the molecule is CC(=O)c1cccc(N2C(=O)c3ccccc3C2(O)c2ccc3[nH][c]nc3c2)c1. The van der Waals surface area contributed by atoms with E-state index in [9.17, 15) is 14.7 Å². The molecule has 1 aliphatic rings. The van der Waals surface area contributed by atoms with Crippen molar-refractivity contribution >= 4 is 28.4 Å². The lowest BCUT2D eigenvalue weighted by atomic mass is 9.93. The number of amides is 1. The van der Waals surface area contributed by atoms with E-state index in [2.05, 4.69) is 16.3 Å². The van der Waals surface area contributed by atoms with E-state index in [0.717, 1.165) is 5.52 Å². The molecule has 29 heavy (non-hydrogen) atoms. The molecule has 0 aliphatic carbocycles. The van der Waals surface area contributed by atoms with E-state index in [1.165, 1.54) is 11.8 Å². The third-order valence-electron chi connectivity index (χ3n) is 5.34. The maximum absolute atomic E-state index is 13.3. The van der Waals surface area contributed by atoms with Crippen LogP contribution in [0.25, 0.3) is 11.0 Å². The number of rotatable bonds is 3. The normalized spacial score (nSPS) is 18.3. The molecule has 2 heterocycles. The van der Waals surface area contributed by atoms with Crippen LogP contribution in [-0.4, -0.2) is 26.8 Å². The van der Waals surface area contributed by atoms with Gasteiger partial charge >= 0.3 is 0 Å². The van der Waals surface area contributed by atoms with Crippen LogP contribution in [0.5, 0.6) is 0 Å². The van der Waals surface area contributed by atoms with Gasteiger partial charge in [0.1, 0.15) is 0 Å². The number of nitrogens with zero attached hydrogens (tertiary/aromatic N) is 2. The highest BCUT2D eigenvalue weighted by Gasteiger charge is 2.50. The predicted molar refractivity (Wildman–Crippen MR) is 108 cm³/mol. The van der Waals surface area contributed by atoms with Crippen molar-refractivity contribution in [3.63, 3.8) is 0 Å². The summed E-state index contributed by atoms with van der Waals surface area (Å²) in [6.45, 7) is 1.47. The standard InChI is InChI=1S/C23H16N3O3/c1-14(27)15-5-4-6-17(11-15)26-22(28)18-7-2-3-8-19(18)23(26,29)16-9-10-20-21(12-16)25-13-24-20/h2-12,29H,1H3,(H,24,25). The zero-order chi connectivity index (χ0) is 20.2. The third kappa shape index (κ3) is 2.43. The lowest BCUT2D eigenvalue weighted by Crippen LogP contribution is -2.45. The second kappa shape index (κ2) is 6.12. The van der Waals surface area contributed by atoms with Crippen LogP contribution in [0.4, 0.5) is 5.69 Å². The predicted octanol–water partition coefficient (Wildman–Crippen LogP) is 3.42. The molecular weight excluding hydrogens is 366 g/mol.